The van der Waals surface area contributed by atoms with Crippen LogP contribution in [0.15, 0.2) is 0 Å². The summed E-state index contributed by atoms with van der Waals surface area (Å²) in [6.07, 6.45) is 7.97. The molecular formula is C11H23NO2. The lowest BCUT2D eigenvalue weighted by Crippen LogP contribution is -2.20. The van der Waals surface area contributed by atoms with E-state index in [4.69, 9.17) is 4.84 Å². The summed E-state index contributed by atoms with van der Waals surface area (Å²) in [7, 11) is 0. The van der Waals surface area contributed by atoms with Gasteiger partial charge in [0.15, 0.2) is 0 Å². The van der Waals surface area contributed by atoms with Crippen LogP contribution in [0.25, 0.3) is 0 Å². The molecule has 0 heterocycles. The second-order valence-corrected chi connectivity index (χ2v) is 3.49. The first kappa shape index (κ1) is 13.4. The molecule has 0 unspecified atom stereocenters. The molecule has 0 radical (unpaired) electrons. The molecule has 14 heavy (non-hydrogen) atoms. The van der Waals surface area contributed by atoms with E-state index in [0.29, 0.717) is 6.42 Å². The average molecular weight is 201 g/mol. The molecule has 0 saturated heterocycles. The van der Waals surface area contributed by atoms with Gasteiger partial charge in [-0.15, -0.1) is 0 Å². The maximum atomic E-state index is 10.7. The van der Waals surface area contributed by atoms with Gasteiger partial charge in [0.2, 0.25) is 0 Å². The van der Waals surface area contributed by atoms with E-state index in [-0.39, 0.29) is 5.97 Å². The highest BCUT2D eigenvalue weighted by molar-refractivity contribution is 5.68. The topological polar surface area (TPSA) is 38.3 Å². The van der Waals surface area contributed by atoms with Crippen LogP contribution in [0.2, 0.25) is 0 Å². The lowest BCUT2D eigenvalue weighted by Gasteiger charge is -2.04. The molecule has 0 amide bonds. The predicted octanol–water partition coefficient (Wildman–Crippen LogP) is 2.80. The van der Waals surface area contributed by atoms with E-state index in [2.05, 4.69) is 12.4 Å². The Labute approximate surface area is 87.2 Å². The van der Waals surface area contributed by atoms with Crippen molar-refractivity contribution in [1.82, 2.24) is 5.48 Å². The third-order valence-electron chi connectivity index (χ3n) is 2.11. The molecule has 0 atom stereocenters. The van der Waals surface area contributed by atoms with Gasteiger partial charge in [-0.3, -0.25) is 4.79 Å². The van der Waals surface area contributed by atoms with Gasteiger partial charge in [0.05, 0.1) is 0 Å². The smallest absolute Gasteiger partial charge is 0.324 e. The van der Waals surface area contributed by atoms with E-state index in [9.17, 15) is 4.79 Å². The van der Waals surface area contributed by atoms with E-state index < -0.39 is 0 Å². The Morgan fingerprint density at radius 1 is 1.07 bits per heavy atom. The number of hydrogen-bond donors (Lipinski definition) is 1. The number of carbonyl (C=O) groups is 1. The summed E-state index contributed by atoms with van der Waals surface area (Å²) in [6, 6.07) is 0. The Hall–Kier alpha value is -0.570. The highest BCUT2D eigenvalue weighted by Gasteiger charge is 1.96. The highest BCUT2D eigenvalue weighted by atomic mass is 16.7. The van der Waals surface area contributed by atoms with Gasteiger partial charge in [0.25, 0.3) is 0 Å². The number of carbonyl (C=O) groups excluding carboxylic acids is 1. The van der Waals surface area contributed by atoms with Crippen molar-refractivity contribution in [3.63, 3.8) is 0 Å². The van der Waals surface area contributed by atoms with Crippen molar-refractivity contribution in [2.75, 3.05) is 6.54 Å². The monoisotopic (exact) mass is 201 g/mol. The molecule has 1 N–H and O–H groups in total. The molecule has 0 rings (SSSR count). The fourth-order valence-corrected chi connectivity index (χ4v) is 1.18. The molecule has 84 valence electrons. The molecule has 0 aliphatic heterocycles. The Morgan fingerprint density at radius 2 is 1.71 bits per heavy atom. The molecule has 0 aromatic carbocycles. The van der Waals surface area contributed by atoms with Gasteiger partial charge < -0.3 is 4.84 Å². The van der Waals surface area contributed by atoms with E-state index in [1.807, 2.05) is 0 Å². The van der Waals surface area contributed by atoms with Gasteiger partial charge in [0, 0.05) is 13.0 Å². The summed E-state index contributed by atoms with van der Waals surface area (Å²) in [6.45, 7) is 4.78. The highest BCUT2D eigenvalue weighted by Crippen LogP contribution is 2.03. The zero-order valence-corrected chi connectivity index (χ0v) is 9.47. The minimum absolute atomic E-state index is 0.184. The van der Waals surface area contributed by atoms with Gasteiger partial charge in [-0.1, -0.05) is 46.0 Å². The summed E-state index contributed by atoms with van der Waals surface area (Å²) in [5.74, 6) is -0.184. The second-order valence-electron chi connectivity index (χ2n) is 3.49. The Balaban J connectivity index is 2.95. The van der Waals surface area contributed by atoms with Crippen molar-refractivity contribution in [2.45, 2.75) is 58.8 Å². The zero-order valence-electron chi connectivity index (χ0n) is 9.47. The van der Waals surface area contributed by atoms with Crippen LogP contribution in [0, 0.1) is 0 Å². The number of hydrogen-bond acceptors (Lipinski definition) is 3. The summed E-state index contributed by atoms with van der Waals surface area (Å²) in [5.41, 5.74) is 2.68. The van der Waals surface area contributed by atoms with Gasteiger partial charge in [-0.25, -0.2) is 0 Å². The standard InChI is InChI=1S/C11H23NO2/c1-3-5-6-7-8-9-10-12-14-11(13)4-2/h12H,3-10H2,1-2H3. The first-order valence-corrected chi connectivity index (χ1v) is 5.73. The van der Waals surface area contributed by atoms with Crippen molar-refractivity contribution in [3.8, 4) is 0 Å². The maximum absolute atomic E-state index is 10.7. The Kier molecular flexibility index (Phi) is 10.1. The van der Waals surface area contributed by atoms with Crippen LogP contribution >= 0.6 is 0 Å². The molecular weight excluding hydrogens is 178 g/mol. The minimum Gasteiger partial charge on any atom is -0.371 e. The van der Waals surface area contributed by atoms with Crippen LogP contribution in [0.3, 0.4) is 0 Å². The summed E-state index contributed by atoms with van der Waals surface area (Å²) in [5, 5.41) is 0. The lowest BCUT2D eigenvalue weighted by atomic mass is 10.1. The van der Waals surface area contributed by atoms with Crippen LogP contribution in [-0.2, 0) is 9.63 Å². The van der Waals surface area contributed by atoms with Crippen molar-refractivity contribution in [1.29, 1.82) is 0 Å². The SMILES string of the molecule is CCCCCCCCNOC(=O)CC. The van der Waals surface area contributed by atoms with Crippen LogP contribution in [0.1, 0.15) is 58.8 Å². The van der Waals surface area contributed by atoms with Crippen LogP contribution < -0.4 is 5.48 Å². The molecule has 3 heteroatoms. The number of unbranched alkanes of at least 4 members (excludes halogenated alkanes) is 5. The lowest BCUT2D eigenvalue weighted by molar-refractivity contribution is -0.150. The number of hydroxylamine groups is 1. The minimum atomic E-state index is -0.184. The third-order valence-corrected chi connectivity index (χ3v) is 2.11. The van der Waals surface area contributed by atoms with E-state index in [1.54, 1.807) is 6.92 Å². The molecule has 0 aliphatic rings. The largest absolute Gasteiger partial charge is 0.371 e. The molecule has 0 spiro atoms. The Bertz CT molecular complexity index is 137. The molecule has 0 aliphatic carbocycles. The second kappa shape index (κ2) is 10.5. The van der Waals surface area contributed by atoms with Crippen molar-refractivity contribution < 1.29 is 9.63 Å². The normalized spacial score (nSPS) is 10.1. The average Bonchev–Trinajstić information content (AvgIpc) is 2.21. The van der Waals surface area contributed by atoms with Crippen LogP contribution in [0.4, 0.5) is 0 Å². The summed E-state index contributed by atoms with van der Waals surface area (Å²) >= 11 is 0. The predicted molar refractivity (Wildman–Crippen MR) is 57.8 cm³/mol. The third kappa shape index (κ3) is 9.52. The number of nitrogens with one attached hydrogen (secondary N) is 1. The molecule has 0 aromatic heterocycles. The van der Waals surface area contributed by atoms with E-state index in [1.165, 1.54) is 32.1 Å². The van der Waals surface area contributed by atoms with E-state index >= 15 is 0 Å². The first-order chi connectivity index (χ1) is 6.81. The van der Waals surface area contributed by atoms with Crippen molar-refractivity contribution in [2.24, 2.45) is 0 Å². The fraction of sp³-hybridized carbons (Fsp3) is 0.909. The van der Waals surface area contributed by atoms with Crippen LogP contribution in [0.5, 0.6) is 0 Å². The van der Waals surface area contributed by atoms with Gasteiger partial charge in [-0.05, 0) is 6.42 Å². The van der Waals surface area contributed by atoms with Gasteiger partial charge in [0.1, 0.15) is 0 Å². The molecule has 0 bridgehead atoms. The Morgan fingerprint density at radius 3 is 2.36 bits per heavy atom. The molecule has 0 saturated carbocycles. The quantitative estimate of drug-likeness (QED) is 0.460. The molecule has 3 nitrogen and oxygen atoms in total. The van der Waals surface area contributed by atoms with Crippen molar-refractivity contribution in [3.05, 3.63) is 0 Å². The molecule has 0 aromatic rings. The van der Waals surface area contributed by atoms with Crippen molar-refractivity contribution >= 4 is 5.97 Å². The van der Waals surface area contributed by atoms with Gasteiger partial charge in [-0.2, -0.15) is 5.48 Å². The fourth-order valence-electron chi connectivity index (χ4n) is 1.18. The molecule has 0 fully saturated rings. The van der Waals surface area contributed by atoms with Gasteiger partial charge >= 0.3 is 5.97 Å². The summed E-state index contributed by atoms with van der Waals surface area (Å²) in [4.78, 5) is 15.4. The van der Waals surface area contributed by atoms with Crippen LogP contribution in [-0.4, -0.2) is 12.5 Å². The summed E-state index contributed by atoms with van der Waals surface area (Å²) < 4.78 is 0. The maximum Gasteiger partial charge on any atom is 0.324 e. The zero-order chi connectivity index (χ0) is 10.6. The first-order valence-electron chi connectivity index (χ1n) is 5.73. The number of rotatable bonds is 9. The van der Waals surface area contributed by atoms with E-state index in [0.717, 1.165) is 13.0 Å².